The van der Waals surface area contributed by atoms with E-state index in [2.05, 4.69) is 15.2 Å². The minimum absolute atomic E-state index is 0.155. The lowest BCUT2D eigenvalue weighted by Crippen LogP contribution is -2.01. The van der Waals surface area contributed by atoms with E-state index in [-0.39, 0.29) is 11.8 Å². The summed E-state index contributed by atoms with van der Waals surface area (Å²) in [5.74, 6) is 0.651. The number of aromatic nitrogens is 1. The van der Waals surface area contributed by atoms with Gasteiger partial charge in [0.25, 0.3) is 5.91 Å². The Morgan fingerprint density at radius 3 is 2.59 bits per heavy atom. The van der Waals surface area contributed by atoms with E-state index < -0.39 is 0 Å². The summed E-state index contributed by atoms with van der Waals surface area (Å²) in [6.45, 7) is 3.56. The van der Waals surface area contributed by atoms with Gasteiger partial charge in [0.05, 0.1) is 0 Å². The van der Waals surface area contributed by atoms with Gasteiger partial charge in [-0.1, -0.05) is 38.1 Å². The number of hydrogen-bond donors (Lipinski definition) is 2. The topological polar surface area (TPSA) is 83.6 Å². The zero-order valence-electron chi connectivity index (χ0n) is 9.77. The van der Waals surface area contributed by atoms with Crippen LogP contribution in [0.1, 0.15) is 13.8 Å². The van der Waals surface area contributed by atoms with E-state index >= 15 is 0 Å². The number of hydrogen-bond acceptors (Lipinski definition) is 3. The lowest BCUT2D eigenvalue weighted by Gasteiger charge is -1.94. The first-order valence-corrected chi connectivity index (χ1v) is 5.41. The number of H-pyrrole nitrogens is 1. The molecule has 88 valence electrons. The molecule has 0 bridgehead atoms. The predicted molar refractivity (Wildman–Crippen MR) is 67.1 cm³/mol. The van der Waals surface area contributed by atoms with Crippen molar-refractivity contribution >= 4 is 28.3 Å². The molecule has 1 amide bonds. The van der Waals surface area contributed by atoms with E-state index in [0.29, 0.717) is 11.6 Å². The largest absolute Gasteiger partial charge is 0.385 e. The first-order valence-electron chi connectivity index (χ1n) is 5.41. The summed E-state index contributed by atoms with van der Waals surface area (Å²) in [5, 5.41) is 9.33. The number of aromatic amines is 1. The van der Waals surface area contributed by atoms with Crippen molar-refractivity contribution in [2.45, 2.75) is 13.8 Å². The number of nitrogen functional groups attached to an aromatic ring is 1. The van der Waals surface area contributed by atoms with Gasteiger partial charge < -0.3 is 10.7 Å². The van der Waals surface area contributed by atoms with Crippen LogP contribution in [-0.2, 0) is 4.79 Å². The molecule has 0 aliphatic heterocycles. The van der Waals surface area contributed by atoms with Gasteiger partial charge in [0, 0.05) is 16.7 Å². The van der Waals surface area contributed by atoms with Crippen molar-refractivity contribution in [2.75, 3.05) is 5.73 Å². The molecule has 0 saturated heterocycles. The molecule has 3 N–H and O–H groups in total. The molecule has 0 aliphatic rings. The molecule has 17 heavy (non-hydrogen) atoms. The molecule has 2 aromatic rings. The molecule has 1 aromatic carbocycles. The van der Waals surface area contributed by atoms with Crippen molar-refractivity contribution < 1.29 is 4.79 Å². The number of nitrogens with one attached hydrogen (secondary N) is 1. The van der Waals surface area contributed by atoms with Crippen LogP contribution in [-0.4, -0.2) is 10.9 Å². The summed E-state index contributed by atoms with van der Waals surface area (Å²) < 4.78 is 0. The van der Waals surface area contributed by atoms with E-state index in [4.69, 9.17) is 5.73 Å². The molecule has 2 rings (SSSR count). The number of carbonyl (C=O) groups excluding carboxylic acids is 1. The summed E-state index contributed by atoms with van der Waals surface area (Å²) in [5.41, 5.74) is 5.80. The van der Waals surface area contributed by atoms with Gasteiger partial charge in [-0.15, -0.1) is 10.2 Å². The lowest BCUT2D eigenvalue weighted by atomic mass is 10.2. The molecule has 0 fully saturated rings. The van der Waals surface area contributed by atoms with Gasteiger partial charge in [-0.25, -0.2) is 0 Å². The third kappa shape index (κ3) is 2.18. The number of fused-ring (bicyclic) bond motifs is 1. The Kier molecular flexibility index (Phi) is 2.91. The monoisotopic (exact) mass is 230 g/mol. The van der Waals surface area contributed by atoms with Crippen molar-refractivity contribution in [3.63, 3.8) is 0 Å². The van der Waals surface area contributed by atoms with E-state index in [1.807, 2.05) is 24.3 Å². The van der Waals surface area contributed by atoms with Crippen LogP contribution in [0.25, 0.3) is 10.8 Å². The number of amides is 1. The normalized spacial score (nSPS) is 11.7. The first kappa shape index (κ1) is 11.3. The standard InChI is InChI=1S/C12H14N4O/c1-7(2)12(17)16-15-11-9-6-4-3-5-8(9)10(13)14-11/h3-7,14H,13H2,1-2H3. The fraction of sp³-hybridized carbons (Fsp3) is 0.250. The average molecular weight is 230 g/mol. The lowest BCUT2D eigenvalue weighted by molar-refractivity contribution is -0.121. The fourth-order valence-electron chi connectivity index (χ4n) is 1.48. The predicted octanol–water partition coefficient (Wildman–Crippen LogP) is 3.02. The SMILES string of the molecule is CC(C)C(=O)N=Nc1[nH]c(N)c2ccccc12. The van der Waals surface area contributed by atoms with E-state index in [1.165, 1.54) is 0 Å². The number of benzene rings is 1. The Balaban J connectivity index is 2.40. The minimum atomic E-state index is -0.248. The van der Waals surface area contributed by atoms with Gasteiger partial charge in [-0.3, -0.25) is 4.79 Å². The highest BCUT2D eigenvalue weighted by Crippen LogP contribution is 2.30. The second-order valence-corrected chi connectivity index (χ2v) is 4.13. The molecule has 0 saturated carbocycles. The smallest absolute Gasteiger partial charge is 0.267 e. The first-order chi connectivity index (χ1) is 8.09. The number of rotatable bonds is 2. The maximum absolute atomic E-state index is 11.4. The number of nitrogens with two attached hydrogens (primary N) is 1. The molecular weight excluding hydrogens is 216 g/mol. The van der Waals surface area contributed by atoms with Crippen molar-refractivity contribution in [1.82, 2.24) is 4.98 Å². The maximum atomic E-state index is 11.4. The molecular formula is C12H14N4O. The van der Waals surface area contributed by atoms with Crippen LogP contribution in [0, 0.1) is 5.92 Å². The zero-order valence-corrected chi connectivity index (χ0v) is 9.77. The molecule has 5 heteroatoms. The number of anilines is 1. The summed E-state index contributed by atoms with van der Waals surface area (Å²) >= 11 is 0. The van der Waals surface area contributed by atoms with Crippen LogP contribution in [0.5, 0.6) is 0 Å². The summed E-state index contributed by atoms with van der Waals surface area (Å²) in [7, 11) is 0. The molecule has 0 unspecified atom stereocenters. The van der Waals surface area contributed by atoms with Gasteiger partial charge in [0.2, 0.25) is 0 Å². The van der Waals surface area contributed by atoms with Crippen LogP contribution >= 0.6 is 0 Å². The highest BCUT2D eigenvalue weighted by molar-refractivity contribution is 5.99. The Morgan fingerprint density at radius 1 is 1.29 bits per heavy atom. The molecule has 1 heterocycles. The van der Waals surface area contributed by atoms with Crippen molar-refractivity contribution in [1.29, 1.82) is 0 Å². The zero-order chi connectivity index (χ0) is 12.4. The van der Waals surface area contributed by atoms with Crippen molar-refractivity contribution in [2.24, 2.45) is 16.1 Å². The van der Waals surface area contributed by atoms with Crippen LogP contribution in [0.2, 0.25) is 0 Å². The van der Waals surface area contributed by atoms with Crippen LogP contribution in [0.3, 0.4) is 0 Å². The Bertz CT molecular complexity index is 583. The van der Waals surface area contributed by atoms with E-state index in [9.17, 15) is 4.79 Å². The Hall–Kier alpha value is -2.17. The minimum Gasteiger partial charge on any atom is -0.385 e. The molecule has 0 atom stereocenters. The highest BCUT2D eigenvalue weighted by Gasteiger charge is 2.08. The Morgan fingerprint density at radius 2 is 1.94 bits per heavy atom. The molecule has 0 spiro atoms. The number of azo groups is 1. The molecule has 0 radical (unpaired) electrons. The number of nitrogens with zero attached hydrogens (tertiary/aromatic N) is 2. The summed E-state index contributed by atoms with van der Waals surface area (Å²) in [6, 6.07) is 7.56. The maximum Gasteiger partial charge on any atom is 0.267 e. The van der Waals surface area contributed by atoms with Crippen molar-refractivity contribution in [3.8, 4) is 0 Å². The second kappa shape index (κ2) is 4.37. The van der Waals surface area contributed by atoms with Crippen LogP contribution < -0.4 is 5.73 Å². The Labute approximate surface area is 98.7 Å². The van der Waals surface area contributed by atoms with Gasteiger partial charge >= 0.3 is 0 Å². The number of carbonyl (C=O) groups is 1. The molecule has 1 aromatic heterocycles. The van der Waals surface area contributed by atoms with Gasteiger partial charge in [0.15, 0.2) is 5.82 Å². The quantitative estimate of drug-likeness (QED) is 0.777. The fourth-order valence-corrected chi connectivity index (χ4v) is 1.48. The van der Waals surface area contributed by atoms with Gasteiger partial charge in [-0.05, 0) is 0 Å². The van der Waals surface area contributed by atoms with Crippen LogP contribution in [0.4, 0.5) is 11.6 Å². The third-order valence-corrected chi connectivity index (χ3v) is 2.47. The van der Waals surface area contributed by atoms with E-state index in [1.54, 1.807) is 13.8 Å². The summed E-state index contributed by atoms with van der Waals surface area (Å²) in [4.78, 5) is 14.3. The third-order valence-electron chi connectivity index (χ3n) is 2.47. The van der Waals surface area contributed by atoms with Crippen molar-refractivity contribution in [3.05, 3.63) is 24.3 Å². The highest BCUT2D eigenvalue weighted by atomic mass is 16.1. The average Bonchev–Trinajstić information content (AvgIpc) is 2.64. The van der Waals surface area contributed by atoms with E-state index in [0.717, 1.165) is 10.8 Å². The van der Waals surface area contributed by atoms with Crippen LogP contribution in [0.15, 0.2) is 34.5 Å². The van der Waals surface area contributed by atoms with Gasteiger partial charge in [-0.2, -0.15) is 0 Å². The molecule has 0 aliphatic carbocycles. The second-order valence-electron chi connectivity index (χ2n) is 4.13. The summed E-state index contributed by atoms with van der Waals surface area (Å²) in [6.07, 6.45) is 0. The van der Waals surface area contributed by atoms with Gasteiger partial charge in [0.1, 0.15) is 5.82 Å². The molecule has 5 nitrogen and oxygen atoms in total.